The maximum Gasteiger partial charge on any atom is 0.233 e. The van der Waals surface area contributed by atoms with Crippen molar-refractivity contribution < 1.29 is 4.79 Å². The molecule has 0 aromatic carbocycles. The van der Waals surface area contributed by atoms with E-state index in [-0.39, 0.29) is 11.9 Å². The van der Waals surface area contributed by atoms with Crippen LogP contribution in [0.2, 0.25) is 0 Å². The van der Waals surface area contributed by atoms with Gasteiger partial charge in [0.2, 0.25) is 11.0 Å². The van der Waals surface area contributed by atoms with E-state index in [0.717, 1.165) is 30.4 Å². The molecule has 106 valence electrons. The van der Waals surface area contributed by atoms with Crippen LogP contribution in [0.15, 0.2) is 4.34 Å². The van der Waals surface area contributed by atoms with Gasteiger partial charge in [0.1, 0.15) is 0 Å². The minimum atomic E-state index is 0.168. The molecule has 0 aliphatic carbocycles. The van der Waals surface area contributed by atoms with Gasteiger partial charge in [-0.25, -0.2) is 0 Å². The van der Waals surface area contributed by atoms with Crippen molar-refractivity contribution in [1.29, 1.82) is 0 Å². The highest BCUT2D eigenvalue weighted by Crippen LogP contribution is 2.24. The molecule has 8 heteroatoms. The first-order valence-electron chi connectivity index (χ1n) is 6.26. The molecule has 2 heterocycles. The Labute approximate surface area is 121 Å². The van der Waals surface area contributed by atoms with Gasteiger partial charge < -0.3 is 15.5 Å². The molecular weight excluding hydrogens is 282 g/mol. The molecule has 1 aromatic rings. The maximum atomic E-state index is 12.3. The molecule has 0 bridgehead atoms. The Morgan fingerprint density at radius 1 is 1.53 bits per heavy atom. The Bertz CT molecular complexity index is 438. The van der Waals surface area contributed by atoms with Crippen molar-refractivity contribution in [3.05, 3.63) is 0 Å². The molecule has 1 aliphatic rings. The average molecular weight is 301 g/mol. The number of carbonyl (C=O) groups excluding carboxylic acids is 1. The smallest absolute Gasteiger partial charge is 0.233 e. The summed E-state index contributed by atoms with van der Waals surface area (Å²) in [5.74, 6) is 0.574. The fraction of sp³-hybridized carbons (Fsp3) is 0.727. The lowest BCUT2D eigenvalue weighted by Crippen LogP contribution is -2.42. The fourth-order valence-electron chi connectivity index (χ4n) is 2.23. The van der Waals surface area contributed by atoms with E-state index in [4.69, 9.17) is 5.73 Å². The number of anilines is 1. The molecule has 2 N–H and O–H groups in total. The van der Waals surface area contributed by atoms with E-state index in [0.29, 0.717) is 10.9 Å². The quantitative estimate of drug-likeness (QED) is 0.831. The number of nitrogens with zero attached hydrogens (tertiary/aromatic N) is 4. The summed E-state index contributed by atoms with van der Waals surface area (Å²) in [5.41, 5.74) is 5.52. The zero-order chi connectivity index (χ0) is 13.8. The van der Waals surface area contributed by atoms with Crippen LogP contribution < -0.4 is 5.73 Å². The number of nitrogens with two attached hydrogens (primary N) is 1. The number of nitrogen functional groups attached to an aromatic ring is 1. The van der Waals surface area contributed by atoms with E-state index in [1.807, 2.05) is 4.90 Å². The standard InChI is InChI=1S/C11H19N5OS2/c1-8-6-15(2)4-3-5-16(8)9(17)7-18-11-14-13-10(12)19-11/h8H,3-7H2,1-2H3,(H2,12,13)/t8-/m0/s1. The second-order valence-electron chi connectivity index (χ2n) is 4.75. The third-order valence-electron chi connectivity index (χ3n) is 3.11. The Kier molecular flexibility index (Phi) is 5.00. The molecule has 0 spiro atoms. The van der Waals surface area contributed by atoms with E-state index >= 15 is 0 Å². The molecule has 0 unspecified atom stereocenters. The Morgan fingerprint density at radius 3 is 3.00 bits per heavy atom. The summed E-state index contributed by atoms with van der Waals surface area (Å²) in [6.07, 6.45) is 1.03. The van der Waals surface area contributed by atoms with Crippen LogP contribution in [-0.2, 0) is 4.79 Å². The SMILES string of the molecule is C[C@H]1CN(C)CCCN1C(=O)CSc1nnc(N)s1. The maximum absolute atomic E-state index is 12.3. The summed E-state index contributed by atoms with van der Waals surface area (Å²) >= 11 is 2.73. The molecule has 1 atom stereocenters. The van der Waals surface area contributed by atoms with Crippen molar-refractivity contribution in [2.75, 3.05) is 38.2 Å². The van der Waals surface area contributed by atoms with Crippen LogP contribution in [0.25, 0.3) is 0 Å². The van der Waals surface area contributed by atoms with Crippen LogP contribution in [0.4, 0.5) is 5.13 Å². The average Bonchev–Trinajstić information content (AvgIpc) is 2.69. The van der Waals surface area contributed by atoms with Crippen LogP contribution in [0.1, 0.15) is 13.3 Å². The van der Waals surface area contributed by atoms with Gasteiger partial charge in [0.25, 0.3) is 0 Å². The van der Waals surface area contributed by atoms with Crippen LogP contribution in [-0.4, -0.2) is 64.4 Å². The van der Waals surface area contributed by atoms with Gasteiger partial charge in [-0.1, -0.05) is 23.1 Å². The second kappa shape index (κ2) is 6.53. The molecule has 1 saturated heterocycles. The largest absolute Gasteiger partial charge is 0.374 e. The molecule has 2 rings (SSSR count). The van der Waals surface area contributed by atoms with Gasteiger partial charge in [-0.05, 0) is 26.9 Å². The predicted molar refractivity (Wildman–Crippen MR) is 78.3 cm³/mol. The van der Waals surface area contributed by atoms with E-state index in [2.05, 4.69) is 29.1 Å². The van der Waals surface area contributed by atoms with Gasteiger partial charge in [-0.15, -0.1) is 10.2 Å². The molecule has 1 aliphatic heterocycles. The molecule has 0 saturated carbocycles. The van der Waals surface area contributed by atoms with Crippen molar-refractivity contribution >= 4 is 34.1 Å². The third-order valence-corrected chi connectivity index (χ3v) is 4.98. The first-order chi connectivity index (χ1) is 9.06. The van der Waals surface area contributed by atoms with E-state index in [1.54, 1.807) is 0 Å². The van der Waals surface area contributed by atoms with E-state index in [9.17, 15) is 4.79 Å². The molecule has 6 nitrogen and oxygen atoms in total. The van der Waals surface area contributed by atoms with Crippen LogP contribution in [0.5, 0.6) is 0 Å². The first kappa shape index (κ1) is 14.5. The highest BCUT2D eigenvalue weighted by molar-refractivity contribution is 8.01. The summed E-state index contributed by atoms with van der Waals surface area (Å²) in [7, 11) is 2.10. The third kappa shape index (κ3) is 4.05. The normalized spacial score (nSPS) is 21.4. The zero-order valence-electron chi connectivity index (χ0n) is 11.2. The minimum Gasteiger partial charge on any atom is -0.374 e. The summed E-state index contributed by atoms with van der Waals surface area (Å²) in [5, 5.41) is 8.10. The van der Waals surface area contributed by atoms with Crippen LogP contribution in [0, 0.1) is 0 Å². The van der Waals surface area contributed by atoms with Gasteiger partial charge >= 0.3 is 0 Å². The Balaban J connectivity index is 1.88. The molecule has 19 heavy (non-hydrogen) atoms. The summed E-state index contributed by atoms with van der Waals surface area (Å²) in [4.78, 5) is 16.5. The number of hydrogen-bond acceptors (Lipinski definition) is 7. The lowest BCUT2D eigenvalue weighted by Gasteiger charge is -2.27. The van der Waals surface area contributed by atoms with Crippen molar-refractivity contribution in [2.24, 2.45) is 0 Å². The molecule has 1 amide bonds. The second-order valence-corrected chi connectivity index (χ2v) is 6.98. The van der Waals surface area contributed by atoms with Gasteiger partial charge in [-0.3, -0.25) is 4.79 Å². The first-order valence-corrected chi connectivity index (χ1v) is 8.06. The minimum absolute atomic E-state index is 0.168. The molecule has 1 aromatic heterocycles. The lowest BCUT2D eigenvalue weighted by atomic mass is 10.3. The van der Waals surface area contributed by atoms with Crippen molar-refractivity contribution in [1.82, 2.24) is 20.0 Å². The van der Waals surface area contributed by atoms with Gasteiger partial charge in [0.05, 0.1) is 5.75 Å². The molecular formula is C11H19N5OS2. The number of likely N-dealkylation sites (N-methyl/N-ethyl adjacent to an activating group) is 1. The highest BCUT2D eigenvalue weighted by atomic mass is 32.2. The topological polar surface area (TPSA) is 75.3 Å². The number of aromatic nitrogens is 2. The number of rotatable bonds is 3. The van der Waals surface area contributed by atoms with Crippen molar-refractivity contribution in [3.8, 4) is 0 Å². The number of amides is 1. The highest BCUT2D eigenvalue weighted by Gasteiger charge is 2.24. The summed E-state index contributed by atoms with van der Waals surface area (Å²) in [6, 6.07) is 0.264. The fourth-order valence-corrected chi connectivity index (χ4v) is 3.75. The van der Waals surface area contributed by atoms with Crippen LogP contribution >= 0.6 is 23.1 Å². The lowest BCUT2D eigenvalue weighted by molar-refractivity contribution is -0.130. The van der Waals surface area contributed by atoms with E-state index in [1.165, 1.54) is 23.1 Å². The van der Waals surface area contributed by atoms with Crippen molar-refractivity contribution in [3.63, 3.8) is 0 Å². The number of carbonyl (C=O) groups is 1. The van der Waals surface area contributed by atoms with Gasteiger partial charge in [-0.2, -0.15) is 0 Å². The van der Waals surface area contributed by atoms with Crippen LogP contribution in [0.3, 0.4) is 0 Å². The monoisotopic (exact) mass is 301 g/mol. The van der Waals surface area contributed by atoms with Crippen molar-refractivity contribution in [2.45, 2.75) is 23.7 Å². The molecule has 1 fully saturated rings. The summed E-state index contributed by atoms with van der Waals surface area (Å²) in [6.45, 7) is 4.92. The molecule has 0 radical (unpaired) electrons. The van der Waals surface area contributed by atoms with Gasteiger partial charge in [0, 0.05) is 19.1 Å². The Hall–Kier alpha value is -0.860. The van der Waals surface area contributed by atoms with Gasteiger partial charge in [0.15, 0.2) is 4.34 Å². The number of thioether (sulfide) groups is 1. The Morgan fingerprint density at radius 2 is 2.32 bits per heavy atom. The predicted octanol–water partition coefficient (Wildman–Crippen LogP) is 0.765. The zero-order valence-corrected chi connectivity index (χ0v) is 12.8. The number of hydrogen-bond donors (Lipinski definition) is 1. The summed E-state index contributed by atoms with van der Waals surface area (Å²) < 4.78 is 0.755. The van der Waals surface area contributed by atoms with E-state index < -0.39 is 0 Å².